The summed E-state index contributed by atoms with van der Waals surface area (Å²) in [6.45, 7) is 4.40. The predicted molar refractivity (Wildman–Crippen MR) is 70.2 cm³/mol. The number of hydrogen-bond donors (Lipinski definition) is 1. The molecule has 0 aliphatic heterocycles. The van der Waals surface area contributed by atoms with E-state index in [1.54, 1.807) is 11.8 Å². The van der Waals surface area contributed by atoms with E-state index in [-0.39, 0.29) is 5.91 Å². The van der Waals surface area contributed by atoms with Crippen molar-refractivity contribution in [3.05, 3.63) is 11.6 Å². The SMILES string of the molecule is CCN(CC(C)C(=O)O)C(=O)CC1=CCCCC1. The number of carbonyl (C=O) groups excluding carboxylic acids is 1. The Labute approximate surface area is 109 Å². The van der Waals surface area contributed by atoms with Crippen LogP contribution in [-0.4, -0.2) is 35.0 Å². The molecule has 0 aromatic rings. The molecule has 4 heteroatoms. The standard InChI is InChI=1S/C14H23NO3/c1-3-15(10-11(2)14(17)18)13(16)9-12-7-5-4-6-8-12/h7,11H,3-6,8-10H2,1-2H3,(H,17,18). The first-order chi connectivity index (χ1) is 8.54. The topological polar surface area (TPSA) is 57.6 Å². The van der Waals surface area contributed by atoms with Crippen LogP contribution in [0, 0.1) is 5.92 Å². The lowest BCUT2D eigenvalue weighted by atomic mass is 9.96. The van der Waals surface area contributed by atoms with Gasteiger partial charge in [-0.05, 0) is 32.6 Å². The highest BCUT2D eigenvalue weighted by atomic mass is 16.4. The van der Waals surface area contributed by atoms with Gasteiger partial charge in [-0.25, -0.2) is 0 Å². The van der Waals surface area contributed by atoms with E-state index in [2.05, 4.69) is 6.08 Å². The fourth-order valence-corrected chi connectivity index (χ4v) is 2.19. The fourth-order valence-electron chi connectivity index (χ4n) is 2.19. The molecule has 1 aliphatic carbocycles. The summed E-state index contributed by atoms with van der Waals surface area (Å²) < 4.78 is 0. The zero-order valence-corrected chi connectivity index (χ0v) is 11.3. The van der Waals surface area contributed by atoms with Crippen molar-refractivity contribution in [2.24, 2.45) is 5.92 Å². The van der Waals surface area contributed by atoms with Gasteiger partial charge in [-0.3, -0.25) is 9.59 Å². The van der Waals surface area contributed by atoms with Crippen LogP contribution in [0.4, 0.5) is 0 Å². The summed E-state index contributed by atoms with van der Waals surface area (Å²) in [5.41, 5.74) is 1.22. The Balaban J connectivity index is 2.51. The zero-order chi connectivity index (χ0) is 13.5. The molecule has 1 rings (SSSR count). The van der Waals surface area contributed by atoms with Crippen LogP contribution in [0.25, 0.3) is 0 Å². The smallest absolute Gasteiger partial charge is 0.308 e. The maximum absolute atomic E-state index is 12.1. The third kappa shape index (κ3) is 4.51. The monoisotopic (exact) mass is 253 g/mol. The van der Waals surface area contributed by atoms with Crippen molar-refractivity contribution in [2.45, 2.75) is 46.0 Å². The minimum Gasteiger partial charge on any atom is -0.481 e. The quantitative estimate of drug-likeness (QED) is 0.740. The van der Waals surface area contributed by atoms with E-state index in [0.29, 0.717) is 19.5 Å². The van der Waals surface area contributed by atoms with Gasteiger partial charge in [-0.2, -0.15) is 0 Å². The van der Waals surface area contributed by atoms with Crippen molar-refractivity contribution in [1.82, 2.24) is 4.90 Å². The highest BCUT2D eigenvalue weighted by Crippen LogP contribution is 2.21. The molecule has 18 heavy (non-hydrogen) atoms. The number of amides is 1. The molecule has 1 unspecified atom stereocenters. The molecule has 102 valence electrons. The number of carboxylic acids is 1. The number of allylic oxidation sites excluding steroid dienone is 1. The van der Waals surface area contributed by atoms with E-state index >= 15 is 0 Å². The highest BCUT2D eigenvalue weighted by molar-refractivity contribution is 5.79. The molecule has 4 nitrogen and oxygen atoms in total. The molecule has 0 saturated heterocycles. The molecule has 0 bridgehead atoms. The van der Waals surface area contributed by atoms with Gasteiger partial charge in [0.15, 0.2) is 0 Å². The van der Waals surface area contributed by atoms with Gasteiger partial charge in [-0.1, -0.05) is 18.6 Å². The van der Waals surface area contributed by atoms with Gasteiger partial charge in [0, 0.05) is 19.5 Å². The number of aliphatic carboxylic acids is 1. The molecular formula is C14H23NO3. The van der Waals surface area contributed by atoms with Crippen molar-refractivity contribution >= 4 is 11.9 Å². The van der Waals surface area contributed by atoms with Crippen molar-refractivity contribution in [3.63, 3.8) is 0 Å². The van der Waals surface area contributed by atoms with Gasteiger partial charge in [0.1, 0.15) is 0 Å². The summed E-state index contributed by atoms with van der Waals surface area (Å²) in [6.07, 6.45) is 7.08. The van der Waals surface area contributed by atoms with Crippen LogP contribution >= 0.6 is 0 Å². The summed E-state index contributed by atoms with van der Waals surface area (Å²) in [5, 5.41) is 8.88. The van der Waals surface area contributed by atoms with E-state index in [9.17, 15) is 9.59 Å². The Bertz CT molecular complexity index is 336. The second-order valence-corrected chi connectivity index (χ2v) is 4.96. The summed E-state index contributed by atoms with van der Waals surface area (Å²) in [4.78, 5) is 24.6. The normalized spacial score (nSPS) is 16.9. The van der Waals surface area contributed by atoms with Crippen LogP contribution in [0.2, 0.25) is 0 Å². The lowest BCUT2D eigenvalue weighted by molar-refractivity contribution is -0.142. The average molecular weight is 253 g/mol. The fraction of sp³-hybridized carbons (Fsp3) is 0.714. The van der Waals surface area contributed by atoms with Gasteiger partial charge in [0.05, 0.1) is 5.92 Å². The Morgan fingerprint density at radius 1 is 1.44 bits per heavy atom. The van der Waals surface area contributed by atoms with E-state index < -0.39 is 11.9 Å². The molecule has 1 aliphatic rings. The first-order valence-electron chi connectivity index (χ1n) is 6.73. The van der Waals surface area contributed by atoms with E-state index in [1.807, 2.05) is 6.92 Å². The molecule has 0 saturated carbocycles. The molecule has 0 fully saturated rings. The highest BCUT2D eigenvalue weighted by Gasteiger charge is 2.20. The zero-order valence-electron chi connectivity index (χ0n) is 11.3. The third-order valence-electron chi connectivity index (χ3n) is 3.41. The Kier molecular flexibility index (Phi) is 5.89. The maximum atomic E-state index is 12.1. The Morgan fingerprint density at radius 3 is 2.67 bits per heavy atom. The second kappa shape index (κ2) is 7.19. The molecule has 0 aromatic heterocycles. The minimum atomic E-state index is -0.849. The lowest BCUT2D eigenvalue weighted by Gasteiger charge is -2.24. The summed E-state index contributed by atoms with van der Waals surface area (Å²) in [7, 11) is 0. The number of carbonyl (C=O) groups is 2. The molecule has 1 atom stereocenters. The van der Waals surface area contributed by atoms with E-state index in [4.69, 9.17) is 5.11 Å². The average Bonchev–Trinajstić information content (AvgIpc) is 2.36. The third-order valence-corrected chi connectivity index (χ3v) is 3.41. The molecule has 0 radical (unpaired) electrons. The van der Waals surface area contributed by atoms with Crippen LogP contribution in [0.1, 0.15) is 46.0 Å². The molecule has 0 spiro atoms. The lowest BCUT2D eigenvalue weighted by Crippen LogP contribution is -2.36. The van der Waals surface area contributed by atoms with E-state index in [0.717, 1.165) is 19.3 Å². The van der Waals surface area contributed by atoms with Crippen molar-refractivity contribution in [2.75, 3.05) is 13.1 Å². The van der Waals surface area contributed by atoms with Gasteiger partial charge >= 0.3 is 5.97 Å². The van der Waals surface area contributed by atoms with Gasteiger partial charge in [-0.15, -0.1) is 0 Å². The van der Waals surface area contributed by atoms with Crippen LogP contribution in [0.5, 0.6) is 0 Å². The first kappa shape index (κ1) is 14.7. The van der Waals surface area contributed by atoms with Crippen LogP contribution in [0.3, 0.4) is 0 Å². The molecule has 1 amide bonds. The van der Waals surface area contributed by atoms with Crippen molar-refractivity contribution < 1.29 is 14.7 Å². The van der Waals surface area contributed by atoms with Gasteiger partial charge < -0.3 is 10.0 Å². The van der Waals surface area contributed by atoms with Crippen LogP contribution in [0.15, 0.2) is 11.6 Å². The molecular weight excluding hydrogens is 230 g/mol. The molecule has 1 N–H and O–H groups in total. The van der Waals surface area contributed by atoms with Crippen molar-refractivity contribution in [1.29, 1.82) is 0 Å². The summed E-state index contributed by atoms with van der Waals surface area (Å²) >= 11 is 0. The summed E-state index contributed by atoms with van der Waals surface area (Å²) in [5.74, 6) is -1.30. The number of nitrogens with zero attached hydrogens (tertiary/aromatic N) is 1. The van der Waals surface area contributed by atoms with Crippen LogP contribution in [-0.2, 0) is 9.59 Å². The predicted octanol–water partition coefficient (Wildman–Crippen LogP) is 2.45. The number of carboxylic acid groups (broad SMARTS) is 1. The summed E-state index contributed by atoms with van der Waals surface area (Å²) in [6, 6.07) is 0. The van der Waals surface area contributed by atoms with Gasteiger partial charge in [0.2, 0.25) is 5.91 Å². The second-order valence-electron chi connectivity index (χ2n) is 4.96. The maximum Gasteiger partial charge on any atom is 0.308 e. The van der Waals surface area contributed by atoms with Gasteiger partial charge in [0.25, 0.3) is 0 Å². The van der Waals surface area contributed by atoms with E-state index in [1.165, 1.54) is 12.0 Å². The molecule has 0 aromatic carbocycles. The Hall–Kier alpha value is -1.32. The molecule has 0 heterocycles. The Morgan fingerprint density at radius 2 is 2.17 bits per heavy atom. The van der Waals surface area contributed by atoms with Crippen molar-refractivity contribution in [3.8, 4) is 0 Å². The van der Waals surface area contributed by atoms with Crippen LogP contribution < -0.4 is 0 Å². The minimum absolute atomic E-state index is 0.0544. The number of hydrogen-bond acceptors (Lipinski definition) is 2. The first-order valence-corrected chi connectivity index (χ1v) is 6.73. The number of rotatable bonds is 6. The largest absolute Gasteiger partial charge is 0.481 e.